The van der Waals surface area contributed by atoms with Crippen LogP contribution < -0.4 is 14.8 Å². The van der Waals surface area contributed by atoms with Crippen LogP contribution in [0.25, 0.3) is 6.08 Å². The third kappa shape index (κ3) is 6.03. The first-order chi connectivity index (χ1) is 13.3. The Labute approximate surface area is 169 Å². The van der Waals surface area contributed by atoms with E-state index in [0.29, 0.717) is 27.8 Å². The normalized spacial score (nSPS) is 11.8. The van der Waals surface area contributed by atoms with Crippen molar-refractivity contribution in [2.24, 2.45) is 0 Å². The molecule has 1 atom stereocenters. The zero-order chi connectivity index (χ0) is 20.7. The van der Waals surface area contributed by atoms with Crippen LogP contribution in [0.5, 0.6) is 11.5 Å². The minimum absolute atomic E-state index is 0.449. The molecule has 1 amide bonds. The van der Waals surface area contributed by atoms with Crippen molar-refractivity contribution in [1.82, 2.24) is 0 Å². The lowest BCUT2D eigenvalue weighted by molar-refractivity contribution is -0.148. The van der Waals surface area contributed by atoms with Gasteiger partial charge in [-0.25, -0.2) is 4.79 Å². The fraction of sp³-hybridized carbons (Fsp3) is 0.238. The minimum atomic E-state index is -0.977. The Morgan fingerprint density at radius 3 is 2.32 bits per heavy atom. The van der Waals surface area contributed by atoms with Crippen molar-refractivity contribution >= 4 is 35.2 Å². The van der Waals surface area contributed by atoms with E-state index < -0.39 is 18.0 Å². The van der Waals surface area contributed by atoms with Gasteiger partial charge >= 0.3 is 5.97 Å². The first kappa shape index (κ1) is 21.3. The summed E-state index contributed by atoms with van der Waals surface area (Å²) < 4.78 is 15.5. The number of carbonyl (C=O) groups excluding carboxylic acids is 2. The standard InChI is InChI=1S/C21H22ClNO5/c1-13-5-7-16(22)11-19(13)23-21(25)14(2)28-20(24)8-6-15-9-17(26-3)12-18(10-15)27-4/h5-12,14H,1-4H3,(H,23,25)/b8-6+/t14-/m1/s1. The highest BCUT2D eigenvalue weighted by atomic mass is 35.5. The van der Waals surface area contributed by atoms with Crippen molar-refractivity contribution in [3.63, 3.8) is 0 Å². The van der Waals surface area contributed by atoms with Gasteiger partial charge in [0.15, 0.2) is 6.10 Å². The van der Waals surface area contributed by atoms with Crippen molar-refractivity contribution in [1.29, 1.82) is 0 Å². The van der Waals surface area contributed by atoms with E-state index in [1.165, 1.54) is 13.0 Å². The largest absolute Gasteiger partial charge is 0.497 e. The van der Waals surface area contributed by atoms with E-state index in [1.807, 2.05) is 6.92 Å². The maximum atomic E-state index is 12.3. The quantitative estimate of drug-likeness (QED) is 0.552. The van der Waals surface area contributed by atoms with Crippen LogP contribution in [0.15, 0.2) is 42.5 Å². The van der Waals surface area contributed by atoms with Crippen LogP contribution in [0.1, 0.15) is 18.1 Å². The molecule has 0 heterocycles. The molecule has 2 aromatic rings. The van der Waals surface area contributed by atoms with Gasteiger partial charge in [0.25, 0.3) is 5.91 Å². The molecule has 0 aliphatic rings. The molecule has 0 bridgehead atoms. The molecule has 0 aliphatic heterocycles. The van der Waals surface area contributed by atoms with Gasteiger partial charge in [-0.2, -0.15) is 0 Å². The summed E-state index contributed by atoms with van der Waals surface area (Å²) in [4.78, 5) is 24.3. The van der Waals surface area contributed by atoms with Gasteiger partial charge in [0.1, 0.15) is 11.5 Å². The number of nitrogens with one attached hydrogen (secondary N) is 1. The highest BCUT2D eigenvalue weighted by Crippen LogP contribution is 2.23. The Hall–Kier alpha value is -2.99. The van der Waals surface area contributed by atoms with Crippen molar-refractivity contribution in [3.05, 3.63) is 58.6 Å². The number of halogens is 1. The number of hydrogen-bond donors (Lipinski definition) is 1. The van der Waals surface area contributed by atoms with Crippen LogP contribution in [0.4, 0.5) is 5.69 Å². The summed E-state index contributed by atoms with van der Waals surface area (Å²) in [6, 6.07) is 10.4. The summed E-state index contributed by atoms with van der Waals surface area (Å²) in [7, 11) is 3.08. The monoisotopic (exact) mass is 403 g/mol. The van der Waals surface area contributed by atoms with Gasteiger partial charge < -0.3 is 19.5 Å². The highest BCUT2D eigenvalue weighted by molar-refractivity contribution is 6.31. The molecule has 2 rings (SSSR count). The molecule has 148 valence electrons. The van der Waals surface area contributed by atoms with Crippen LogP contribution >= 0.6 is 11.6 Å². The molecular formula is C21H22ClNO5. The number of anilines is 1. The number of hydrogen-bond acceptors (Lipinski definition) is 5. The van der Waals surface area contributed by atoms with E-state index in [-0.39, 0.29) is 0 Å². The maximum absolute atomic E-state index is 12.3. The molecule has 1 N–H and O–H groups in total. The molecule has 0 aromatic heterocycles. The van der Waals surface area contributed by atoms with E-state index in [2.05, 4.69) is 5.32 Å². The van der Waals surface area contributed by atoms with E-state index in [4.69, 9.17) is 25.8 Å². The van der Waals surface area contributed by atoms with Crippen LogP contribution in [0.3, 0.4) is 0 Å². The molecule has 2 aromatic carbocycles. The molecule has 0 radical (unpaired) electrons. The lowest BCUT2D eigenvalue weighted by Gasteiger charge is -2.14. The summed E-state index contributed by atoms with van der Waals surface area (Å²) in [6.07, 6.45) is 1.82. The zero-order valence-corrected chi connectivity index (χ0v) is 16.9. The van der Waals surface area contributed by atoms with Crippen LogP contribution in [0.2, 0.25) is 5.02 Å². The second kappa shape index (κ2) is 9.80. The van der Waals surface area contributed by atoms with Crippen molar-refractivity contribution in [2.75, 3.05) is 19.5 Å². The SMILES string of the molecule is COc1cc(/C=C/C(=O)O[C@H](C)C(=O)Nc2cc(Cl)ccc2C)cc(OC)c1. The topological polar surface area (TPSA) is 73.9 Å². The van der Waals surface area contributed by atoms with Crippen LogP contribution in [-0.2, 0) is 14.3 Å². The minimum Gasteiger partial charge on any atom is -0.497 e. The average molecular weight is 404 g/mol. The Balaban J connectivity index is 1.99. The fourth-order valence-electron chi connectivity index (χ4n) is 2.32. The number of rotatable bonds is 7. The summed E-state index contributed by atoms with van der Waals surface area (Å²) in [5, 5.41) is 3.20. The average Bonchev–Trinajstić information content (AvgIpc) is 2.68. The molecule has 7 heteroatoms. The number of carbonyl (C=O) groups is 2. The molecule has 0 unspecified atom stereocenters. The molecule has 0 fully saturated rings. The summed E-state index contributed by atoms with van der Waals surface area (Å²) in [5.74, 6) is 0.0939. The van der Waals surface area contributed by atoms with Crippen molar-refractivity contribution in [2.45, 2.75) is 20.0 Å². The summed E-state index contributed by atoms with van der Waals surface area (Å²) in [5.41, 5.74) is 2.11. The Bertz CT molecular complexity index is 872. The second-order valence-corrected chi connectivity index (χ2v) is 6.44. The Kier molecular flexibility index (Phi) is 7.46. The smallest absolute Gasteiger partial charge is 0.331 e. The van der Waals surface area contributed by atoms with E-state index >= 15 is 0 Å². The van der Waals surface area contributed by atoms with Gasteiger partial charge in [0.2, 0.25) is 0 Å². The number of amides is 1. The molecule has 0 spiro atoms. The number of ether oxygens (including phenoxy) is 3. The van der Waals surface area contributed by atoms with Gasteiger partial charge in [-0.1, -0.05) is 17.7 Å². The Morgan fingerprint density at radius 2 is 1.71 bits per heavy atom. The lowest BCUT2D eigenvalue weighted by atomic mass is 10.2. The third-order valence-corrected chi connectivity index (χ3v) is 4.14. The summed E-state index contributed by atoms with van der Waals surface area (Å²) in [6.45, 7) is 3.34. The van der Waals surface area contributed by atoms with Crippen molar-refractivity contribution in [3.8, 4) is 11.5 Å². The van der Waals surface area contributed by atoms with Gasteiger partial charge in [0.05, 0.1) is 14.2 Å². The second-order valence-electron chi connectivity index (χ2n) is 6.01. The summed E-state index contributed by atoms with van der Waals surface area (Å²) >= 11 is 5.94. The first-order valence-corrected chi connectivity index (χ1v) is 8.89. The highest BCUT2D eigenvalue weighted by Gasteiger charge is 2.17. The molecule has 0 saturated heterocycles. The van der Waals surface area contributed by atoms with Crippen LogP contribution in [-0.4, -0.2) is 32.2 Å². The number of methoxy groups -OCH3 is 2. The fourth-order valence-corrected chi connectivity index (χ4v) is 2.49. The molecule has 0 aliphatic carbocycles. The zero-order valence-electron chi connectivity index (χ0n) is 16.1. The lowest BCUT2D eigenvalue weighted by Crippen LogP contribution is -2.29. The maximum Gasteiger partial charge on any atom is 0.331 e. The molecule has 0 saturated carbocycles. The van der Waals surface area contributed by atoms with Crippen molar-refractivity contribution < 1.29 is 23.8 Å². The number of aryl methyl sites for hydroxylation is 1. The molecular weight excluding hydrogens is 382 g/mol. The number of benzene rings is 2. The van der Waals surface area contributed by atoms with Gasteiger partial charge in [0, 0.05) is 22.9 Å². The van der Waals surface area contributed by atoms with E-state index in [9.17, 15) is 9.59 Å². The van der Waals surface area contributed by atoms with Gasteiger partial charge in [-0.3, -0.25) is 4.79 Å². The van der Waals surface area contributed by atoms with E-state index in [0.717, 1.165) is 5.56 Å². The third-order valence-electron chi connectivity index (χ3n) is 3.91. The Morgan fingerprint density at radius 1 is 1.07 bits per heavy atom. The van der Waals surface area contributed by atoms with Crippen LogP contribution in [0, 0.1) is 6.92 Å². The van der Waals surface area contributed by atoms with E-state index in [1.54, 1.807) is 56.7 Å². The number of esters is 1. The van der Waals surface area contributed by atoms with Gasteiger partial charge in [-0.05, 0) is 55.3 Å². The molecule has 6 nitrogen and oxygen atoms in total. The molecule has 28 heavy (non-hydrogen) atoms. The first-order valence-electron chi connectivity index (χ1n) is 8.51. The van der Waals surface area contributed by atoms with Gasteiger partial charge in [-0.15, -0.1) is 0 Å². The predicted octanol–water partition coefficient (Wildman–Crippen LogP) is 4.25. The predicted molar refractivity (Wildman–Crippen MR) is 109 cm³/mol.